The molecule has 2 N–H and O–H groups in total. The molecule has 6 nitrogen and oxygen atoms in total. The highest BCUT2D eigenvalue weighted by molar-refractivity contribution is 7.18. The summed E-state index contributed by atoms with van der Waals surface area (Å²) < 4.78 is 5.18. The monoisotopic (exact) mass is 450 g/mol. The Morgan fingerprint density at radius 3 is 2.31 bits per heavy atom. The van der Waals surface area contributed by atoms with Crippen molar-refractivity contribution in [3.05, 3.63) is 81.7 Å². The van der Waals surface area contributed by atoms with Crippen LogP contribution >= 0.6 is 11.3 Å². The molecule has 3 aromatic rings. The van der Waals surface area contributed by atoms with Crippen molar-refractivity contribution in [3.8, 4) is 0 Å². The maximum atomic E-state index is 13.0. The maximum Gasteiger partial charge on any atom is 0.341 e. The molecule has 0 saturated carbocycles. The Labute approximate surface area is 191 Å². The summed E-state index contributed by atoms with van der Waals surface area (Å²) in [5.74, 6) is -1.13. The van der Waals surface area contributed by atoms with Gasteiger partial charge in [0.05, 0.1) is 17.0 Å². The third kappa shape index (κ3) is 5.62. The Bertz CT molecular complexity index is 1120. The van der Waals surface area contributed by atoms with Gasteiger partial charge < -0.3 is 15.4 Å². The van der Waals surface area contributed by atoms with Crippen molar-refractivity contribution in [2.24, 2.45) is 0 Å². The number of nitrogens with one attached hydrogen (secondary N) is 2. The van der Waals surface area contributed by atoms with E-state index in [2.05, 4.69) is 10.6 Å². The van der Waals surface area contributed by atoms with Crippen LogP contribution in [0.5, 0.6) is 0 Å². The first-order valence-electron chi connectivity index (χ1n) is 10.4. The van der Waals surface area contributed by atoms with E-state index < -0.39 is 5.97 Å². The average molecular weight is 451 g/mol. The lowest BCUT2D eigenvalue weighted by Gasteiger charge is -2.08. The Hall–Kier alpha value is -3.45. The first kappa shape index (κ1) is 23.2. The molecule has 0 unspecified atom stereocenters. The summed E-state index contributed by atoms with van der Waals surface area (Å²) in [5.41, 5.74) is 3.37. The van der Waals surface area contributed by atoms with Crippen LogP contribution < -0.4 is 10.6 Å². The molecule has 32 heavy (non-hydrogen) atoms. The van der Waals surface area contributed by atoms with E-state index in [0.717, 1.165) is 22.5 Å². The highest BCUT2D eigenvalue weighted by Crippen LogP contribution is 2.34. The molecule has 0 spiro atoms. The molecule has 2 amide bonds. The highest BCUT2D eigenvalue weighted by atomic mass is 32.1. The van der Waals surface area contributed by atoms with Gasteiger partial charge in [0.15, 0.2) is 0 Å². The van der Waals surface area contributed by atoms with Gasteiger partial charge in [-0.2, -0.15) is 0 Å². The number of hydrogen-bond donors (Lipinski definition) is 2. The molecule has 3 rings (SSSR count). The van der Waals surface area contributed by atoms with Crippen molar-refractivity contribution >= 4 is 39.8 Å². The van der Waals surface area contributed by atoms with Crippen LogP contribution in [0.3, 0.4) is 0 Å². The van der Waals surface area contributed by atoms with Gasteiger partial charge in [0.25, 0.3) is 5.91 Å². The molecule has 0 bridgehead atoms. The minimum Gasteiger partial charge on any atom is -0.462 e. The zero-order valence-electron chi connectivity index (χ0n) is 18.4. The predicted molar refractivity (Wildman–Crippen MR) is 128 cm³/mol. The number of esters is 1. The number of carbonyl (C=O) groups is 3. The summed E-state index contributed by atoms with van der Waals surface area (Å²) in [6, 6.07) is 17.1. The number of amides is 2. The SMILES string of the molecule is CCOC(=O)c1c(NC(=O)CCc2ccccc2)sc(C(=O)Nc2ccccc2C)c1C. The fourth-order valence-electron chi connectivity index (χ4n) is 3.25. The first-order valence-corrected chi connectivity index (χ1v) is 11.2. The Morgan fingerprint density at radius 2 is 1.62 bits per heavy atom. The minimum absolute atomic E-state index is 0.195. The van der Waals surface area contributed by atoms with Crippen molar-refractivity contribution in [2.45, 2.75) is 33.6 Å². The maximum absolute atomic E-state index is 13.0. The largest absolute Gasteiger partial charge is 0.462 e. The van der Waals surface area contributed by atoms with Gasteiger partial charge in [-0.25, -0.2) is 4.79 Å². The molecule has 166 valence electrons. The van der Waals surface area contributed by atoms with Crippen molar-refractivity contribution < 1.29 is 19.1 Å². The third-order valence-corrected chi connectivity index (χ3v) is 6.17. The molecular formula is C25H26N2O4S. The summed E-state index contributed by atoms with van der Waals surface area (Å²) in [6.07, 6.45) is 0.834. The van der Waals surface area contributed by atoms with Crippen LogP contribution in [0.4, 0.5) is 10.7 Å². The molecule has 0 saturated heterocycles. The van der Waals surface area contributed by atoms with Crippen LogP contribution in [-0.2, 0) is 16.0 Å². The molecule has 0 fully saturated rings. The Kier molecular flexibility index (Phi) is 7.78. The number of thiophene rings is 1. The number of para-hydroxylation sites is 1. The number of anilines is 2. The molecule has 1 heterocycles. The molecule has 0 atom stereocenters. The number of hydrogen-bond acceptors (Lipinski definition) is 5. The zero-order valence-corrected chi connectivity index (χ0v) is 19.2. The highest BCUT2D eigenvalue weighted by Gasteiger charge is 2.26. The van der Waals surface area contributed by atoms with Gasteiger partial charge in [-0.05, 0) is 49.9 Å². The van der Waals surface area contributed by atoms with Gasteiger partial charge in [0, 0.05) is 12.1 Å². The minimum atomic E-state index is -0.561. The summed E-state index contributed by atoms with van der Waals surface area (Å²) >= 11 is 1.08. The number of carbonyl (C=O) groups excluding carboxylic acids is 3. The number of benzene rings is 2. The summed E-state index contributed by atoms with van der Waals surface area (Å²) in [4.78, 5) is 38.5. The van der Waals surface area contributed by atoms with Crippen LogP contribution in [0.2, 0.25) is 0 Å². The van der Waals surface area contributed by atoms with Crippen molar-refractivity contribution in [1.82, 2.24) is 0 Å². The van der Waals surface area contributed by atoms with Gasteiger partial charge in [-0.1, -0.05) is 48.5 Å². The molecule has 7 heteroatoms. The Balaban J connectivity index is 1.82. The van der Waals surface area contributed by atoms with E-state index in [9.17, 15) is 14.4 Å². The second kappa shape index (κ2) is 10.7. The van der Waals surface area contributed by atoms with E-state index in [1.54, 1.807) is 13.8 Å². The summed E-state index contributed by atoms with van der Waals surface area (Å²) in [7, 11) is 0. The van der Waals surface area contributed by atoms with E-state index in [4.69, 9.17) is 4.74 Å². The molecule has 1 aromatic heterocycles. The van der Waals surface area contributed by atoms with E-state index in [1.165, 1.54) is 0 Å². The van der Waals surface area contributed by atoms with E-state index in [1.807, 2.05) is 61.5 Å². The van der Waals surface area contributed by atoms with Crippen molar-refractivity contribution in [1.29, 1.82) is 0 Å². The standard InChI is InChI=1S/C25H26N2O4S/c1-4-31-25(30)21-17(3)22(23(29)26-19-13-9-8-10-16(19)2)32-24(21)27-20(28)15-14-18-11-6-5-7-12-18/h5-13H,4,14-15H2,1-3H3,(H,26,29)(H,27,28). The van der Waals surface area contributed by atoms with Crippen molar-refractivity contribution in [2.75, 3.05) is 17.2 Å². The fraction of sp³-hybridized carbons (Fsp3) is 0.240. The molecule has 0 radical (unpaired) electrons. The number of aryl methyl sites for hydroxylation is 2. The lowest BCUT2D eigenvalue weighted by atomic mass is 10.1. The lowest BCUT2D eigenvalue weighted by Crippen LogP contribution is -2.15. The van der Waals surface area contributed by atoms with Crippen LogP contribution in [-0.4, -0.2) is 24.4 Å². The van der Waals surface area contributed by atoms with Gasteiger partial charge in [0.1, 0.15) is 5.00 Å². The van der Waals surface area contributed by atoms with Gasteiger partial charge in [-0.15, -0.1) is 11.3 Å². The topological polar surface area (TPSA) is 84.5 Å². The van der Waals surface area contributed by atoms with Gasteiger partial charge in [0.2, 0.25) is 5.91 Å². The average Bonchev–Trinajstić information content (AvgIpc) is 3.10. The first-order chi connectivity index (χ1) is 15.4. The predicted octanol–water partition coefficient (Wildman–Crippen LogP) is 5.37. The molecule has 0 aliphatic carbocycles. The van der Waals surface area contributed by atoms with Gasteiger partial charge >= 0.3 is 5.97 Å². The van der Waals surface area contributed by atoms with Crippen LogP contribution in [0.1, 0.15) is 50.1 Å². The quantitative estimate of drug-likeness (QED) is 0.452. The van der Waals surface area contributed by atoms with E-state index >= 15 is 0 Å². The molecular weight excluding hydrogens is 424 g/mol. The summed E-state index contributed by atoms with van der Waals surface area (Å²) in [6.45, 7) is 5.50. The van der Waals surface area contributed by atoms with Crippen molar-refractivity contribution in [3.63, 3.8) is 0 Å². The smallest absolute Gasteiger partial charge is 0.341 e. The number of ether oxygens (including phenoxy) is 1. The number of rotatable bonds is 8. The third-order valence-electron chi connectivity index (χ3n) is 4.96. The van der Waals surface area contributed by atoms with Crippen LogP contribution in [0.15, 0.2) is 54.6 Å². The zero-order chi connectivity index (χ0) is 23.1. The van der Waals surface area contributed by atoms with Crippen LogP contribution in [0, 0.1) is 13.8 Å². The normalized spacial score (nSPS) is 10.5. The fourth-order valence-corrected chi connectivity index (χ4v) is 4.36. The molecule has 0 aliphatic rings. The second-order valence-corrected chi connectivity index (χ2v) is 8.30. The second-order valence-electron chi connectivity index (χ2n) is 7.28. The van der Waals surface area contributed by atoms with Crippen LogP contribution in [0.25, 0.3) is 0 Å². The van der Waals surface area contributed by atoms with E-state index in [-0.39, 0.29) is 30.4 Å². The molecule has 0 aliphatic heterocycles. The summed E-state index contributed by atoms with van der Waals surface area (Å²) in [5, 5.41) is 6.02. The molecule has 2 aromatic carbocycles. The Morgan fingerprint density at radius 1 is 0.938 bits per heavy atom. The lowest BCUT2D eigenvalue weighted by molar-refractivity contribution is -0.116. The van der Waals surface area contributed by atoms with E-state index in [0.29, 0.717) is 27.5 Å². The van der Waals surface area contributed by atoms with Gasteiger partial charge in [-0.3, -0.25) is 9.59 Å².